The number of carbonyl (C=O) groups excluding carboxylic acids is 1. The van der Waals surface area contributed by atoms with Crippen molar-refractivity contribution in [2.24, 2.45) is 11.3 Å². The second-order valence-corrected chi connectivity index (χ2v) is 7.20. The van der Waals surface area contributed by atoms with Crippen molar-refractivity contribution in [3.63, 3.8) is 0 Å². The third-order valence-corrected chi connectivity index (χ3v) is 5.30. The van der Waals surface area contributed by atoms with Gasteiger partial charge in [0.15, 0.2) is 5.78 Å². The van der Waals surface area contributed by atoms with E-state index >= 15 is 0 Å². The van der Waals surface area contributed by atoms with E-state index in [0.717, 1.165) is 30.6 Å². The maximum absolute atomic E-state index is 12.8. The third-order valence-electron chi connectivity index (χ3n) is 4.08. The average molecular weight is 264 g/mol. The molecule has 0 aliphatic heterocycles. The molecule has 0 unspecified atom stereocenters. The summed E-state index contributed by atoms with van der Waals surface area (Å²) in [6.07, 6.45) is 6.75. The predicted octanol–water partition coefficient (Wildman–Crippen LogP) is 5.10. The Bertz CT molecular complexity index is 410. The van der Waals surface area contributed by atoms with Crippen LogP contribution in [0.1, 0.15) is 67.4 Å². The smallest absolute Gasteiger partial charge is 0.178 e. The summed E-state index contributed by atoms with van der Waals surface area (Å²) in [5.41, 5.74) is -0.0377. The Hall–Kier alpha value is -0.630. The first-order chi connectivity index (χ1) is 8.57. The molecule has 0 saturated heterocycles. The Morgan fingerprint density at radius 1 is 1.33 bits per heavy atom. The molecular weight excluding hydrogens is 240 g/mol. The highest BCUT2D eigenvalue weighted by atomic mass is 32.1. The number of thiophene rings is 1. The zero-order valence-corrected chi connectivity index (χ0v) is 12.6. The van der Waals surface area contributed by atoms with E-state index in [4.69, 9.17) is 0 Å². The molecule has 0 spiro atoms. The van der Waals surface area contributed by atoms with Crippen LogP contribution in [-0.2, 0) is 6.42 Å². The van der Waals surface area contributed by atoms with Crippen LogP contribution >= 0.6 is 11.3 Å². The molecule has 1 aromatic rings. The molecule has 0 aromatic carbocycles. The molecule has 1 aliphatic carbocycles. The molecule has 1 aliphatic rings. The van der Waals surface area contributed by atoms with Crippen LogP contribution in [0.5, 0.6) is 0 Å². The van der Waals surface area contributed by atoms with Gasteiger partial charge in [-0.15, -0.1) is 11.3 Å². The minimum Gasteiger partial charge on any atom is -0.293 e. The first-order valence-electron chi connectivity index (χ1n) is 7.21. The van der Waals surface area contributed by atoms with Crippen molar-refractivity contribution < 1.29 is 4.79 Å². The van der Waals surface area contributed by atoms with E-state index in [0.29, 0.717) is 11.7 Å². The summed E-state index contributed by atoms with van der Waals surface area (Å²) in [6, 6.07) is 4.17. The van der Waals surface area contributed by atoms with Gasteiger partial charge in [0.05, 0.1) is 4.88 Å². The van der Waals surface area contributed by atoms with Gasteiger partial charge in [0, 0.05) is 10.3 Å². The molecule has 2 heteroatoms. The lowest BCUT2D eigenvalue weighted by Crippen LogP contribution is -2.29. The van der Waals surface area contributed by atoms with Crippen molar-refractivity contribution in [1.29, 1.82) is 0 Å². The van der Waals surface area contributed by atoms with E-state index in [1.54, 1.807) is 11.3 Å². The lowest BCUT2D eigenvalue weighted by atomic mass is 9.74. The first-order valence-corrected chi connectivity index (χ1v) is 8.02. The minimum absolute atomic E-state index is 0.0377. The molecule has 2 rings (SSSR count). The molecule has 0 radical (unpaired) electrons. The van der Waals surface area contributed by atoms with Crippen molar-refractivity contribution in [2.75, 3.05) is 0 Å². The van der Waals surface area contributed by atoms with Crippen molar-refractivity contribution in [1.82, 2.24) is 0 Å². The average Bonchev–Trinajstić information content (AvgIpc) is 2.96. The Morgan fingerprint density at radius 3 is 2.50 bits per heavy atom. The predicted molar refractivity (Wildman–Crippen MR) is 78.4 cm³/mol. The molecule has 1 heterocycles. The number of aryl methyl sites for hydroxylation is 1. The van der Waals surface area contributed by atoms with Crippen LogP contribution in [0.3, 0.4) is 0 Å². The molecule has 0 bridgehead atoms. The van der Waals surface area contributed by atoms with Crippen LogP contribution < -0.4 is 0 Å². The van der Waals surface area contributed by atoms with E-state index < -0.39 is 0 Å². The summed E-state index contributed by atoms with van der Waals surface area (Å²) in [5, 5.41) is 0. The fourth-order valence-electron chi connectivity index (χ4n) is 3.31. The van der Waals surface area contributed by atoms with Crippen LogP contribution in [-0.4, -0.2) is 5.78 Å². The Morgan fingerprint density at radius 2 is 2.00 bits per heavy atom. The molecular formula is C16H24OS. The van der Waals surface area contributed by atoms with Crippen LogP contribution in [0, 0.1) is 11.3 Å². The highest BCUT2D eigenvalue weighted by molar-refractivity contribution is 7.14. The lowest BCUT2D eigenvalue weighted by Gasteiger charge is -2.28. The minimum atomic E-state index is -0.0377. The van der Waals surface area contributed by atoms with Crippen molar-refractivity contribution >= 4 is 17.1 Å². The van der Waals surface area contributed by atoms with Gasteiger partial charge in [0.2, 0.25) is 0 Å². The van der Waals surface area contributed by atoms with Crippen molar-refractivity contribution in [3.05, 3.63) is 21.9 Å². The number of ketones is 1. The van der Waals surface area contributed by atoms with Gasteiger partial charge in [-0.1, -0.05) is 33.6 Å². The highest BCUT2D eigenvalue weighted by Crippen LogP contribution is 2.46. The maximum atomic E-state index is 12.8. The van der Waals surface area contributed by atoms with E-state index in [2.05, 4.69) is 26.8 Å². The molecule has 0 N–H and O–H groups in total. The normalized spacial score (nSPS) is 18.4. The van der Waals surface area contributed by atoms with Crippen LogP contribution in [0.15, 0.2) is 12.1 Å². The molecule has 100 valence electrons. The Labute approximate surface area is 115 Å². The van der Waals surface area contributed by atoms with Crippen molar-refractivity contribution in [3.8, 4) is 0 Å². The van der Waals surface area contributed by atoms with Crippen LogP contribution in [0.2, 0.25) is 0 Å². The molecule has 1 aromatic heterocycles. The summed E-state index contributed by atoms with van der Waals surface area (Å²) < 4.78 is 0. The van der Waals surface area contributed by atoms with E-state index in [-0.39, 0.29) is 5.41 Å². The molecule has 1 nitrogen and oxygen atoms in total. The van der Waals surface area contributed by atoms with Gasteiger partial charge >= 0.3 is 0 Å². The van der Waals surface area contributed by atoms with Crippen molar-refractivity contribution in [2.45, 2.75) is 59.3 Å². The van der Waals surface area contributed by atoms with Gasteiger partial charge in [0.1, 0.15) is 0 Å². The number of carbonyl (C=O) groups is 1. The largest absolute Gasteiger partial charge is 0.293 e. The van der Waals surface area contributed by atoms with Gasteiger partial charge in [-0.25, -0.2) is 0 Å². The third kappa shape index (κ3) is 2.69. The SMILES string of the molecule is CCc1ccc(C(=O)C2(CC(C)C)CCCC2)s1. The number of hydrogen-bond donors (Lipinski definition) is 0. The highest BCUT2D eigenvalue weighted by Gasteiger charge is 2.41. The zero-order valence-electron chi connectivity index (χ0n) is 11.8. The summed E-state index contributed by atoms with van der Waals surface area (Å²) in [4.78, 5) is 15.2. The van der Waals surface area contributed by atoms with E-state index in [9.17, 15) is 4.79 Å². The standard InChI is InChI=1S/C16H24OS/c1-4-13-7-8-14(18-13)15(17)16(11-12(2)3)9-5-6-10-16/h7-8,12H,4-6,9-11H2,1-3H3. The maximum Gasteiger partial charge on any atom is 0.178 e. The molecule has 0 atom stereocenters. The Balaban J connectivity index is 2.22. The summed E-state index contributed by atoms with van der Waals surface area (Å²) in [6.45, 7) is 6.62. The number of hydrogen-bond acceptors (Lipinski definition) is 2. The second kappa shape index (κ2) is 5.56. The quantitative estimate of drug-likeness (QED) is 0.676. The topological polar surface area (TPSA) is 17.1 Å². The monoisotopic (exact) mass is 264 g/mol. The first kappa shape index (κ1) is 13.8. The molecule has 1 fully saturated rings. The van der Waals surface area contributed by atoms with Gasteiger partial charge < -0.3 is 0 Å². The second-order valence-electron chi connectivity index (χ2n) is 6.03. The molecule has 18 heavy (non-hydrogen) atoms. The van der Waals surface area contributed by atoms with Gasteiger partial charge in [0.25, 0.3) is 0 Å². The van der Waals surface area contributed by atoms with Crippen LogP contribution in [0.4, 0.5) is 0 Å². The van der Waals surface area contributed by atoms with Gasteiger partial charge in [-0.3, -0.25) is 4.79 Å². The van der Waals surface area contributed by atoms with E-state index in [1.165, 1.54) is 17.7 Å². The summed E-state index contributed by atoms with van der Waals surface area (Å²) in [5.74, 6) is 1.04. The molecule has 1 saturated carbocycles. The van der Waals surface area contributed by atoms with E-state index in [1.807, 2.05) is 6.07 Å². The van der Waals surface area contributed by atoms with Gasteiger partial charge in [-0.05, 0) is 43.7 Å². The zero-order chi connectivity index (χ0) is 13.2. The molecule has 0 amide bonds. The number of Topliss-reactive ketones (excluding diaryl/α,β-unsaturated/α-hetero) is 1. The summed E-state index contributed by atoms with van der Waals surface area (Å²) in [7, 11) is 0. The summed E-state index contributed by atoms with van der Waals surface area (Å²) >= 11 is 1.70. The Kier molecular flexibility index (Phi) is 4.26. The fourth-order valence-corrected chi connectivity index (χ4v) is 4.32. The fraction of sp³-hybridized carbons (Fsp3) is 0.688. The lowest BCUT2D eigenvalue weighted by molar-refractivity contribution is 0.0764. The van der Waals surface area contributed by atoms with Crippen LogP contribution in [0.25, 0.3) is 0 Å². The number of rotatable bonds is 5. The van der Waals surface area contributed by atoms with Gasteiger partial charge in [-0.2, -0.15) is 0 Å².